The van der Waals surface area contributed by atoms with Gasteiger partial charge < -0.3 is 16.6 Å². The topological polar surface area (TPSA) is 106 Å². The molecule has 80 valence electrons. The molecule has 2 atom stereocenters. The summed E-state index contributed by atoms with van der Waals surface area (Å²) in [5.74, 6) is -1.26. The van der Waals surface area contributed by atoms with Crippen molar-refractivity contribution in [2.75, 3.05) is 0 Å². The van der Waals surface area contributed by atoms with E-state index in [1.165, 1.54) is 6.08 Å². The highest BCUT2D eigenvalue weighted by atomic mass is 16.4. The molecule has 0 bridgehead atoms. The van der Waals surface area contributed by atoms with Crippen LogP contribution in [0.2, 0.25) is 0 Å². The van der Waals surface area contributed by atoms with Crippen LogP contribution in [-0.2, 0) is 9.59 Å². The van der Waals surface area contributed by atoms with Gasteiger partial charge in [-0.2, -0.15) is 0 Å². The summed E-state index contributed by atoms with van der Waals surface area (Å²) in [6.45, 7) is 3.30. The number of hydrogen-bond donors (Lipinski definition) is 3. The Morgan fingerprint density at radius 3 is 2.21 bits per heavy atom. The molecule has 0 spiro atoms. The number of carbonyl (C=O) groups excluding carboxylic acids is 1. The van der Waals surface area contributed by atoms with Gasteiger partial charge in [-0.05, 0) is 25.3 Å². The van der Waals surface area contributed by atoms with E-state index in [0.717, 1.165) is 0 Å². The number of aliphatic carboxylic acids is 1. The minimum atomic E-state index is -1.03. The Balaban J connectivity index is 3.69. The molecule has 0 saturated heterocycles. The van der Waals surface area contributed by atoms with E-state index in [1.807, 2.05) is 0 Å². The number of carboxylic acids is 1. The van der Waals surface area contributed by atoms with Gasteiger partial charge in [0.1, 0.15) is 6.04 Å². The van der Waals surface area contributed by atoms with Crippen molar-refractivity contribution in [3.8, 4) is 0 Å². The monoisotopic (exact) mass is 200 g/mol. The Morgan fingerprint density at radius 2 is 1.79 bits per heavy atom. The smallest absolute Gasteiger partial charge is 0.320 e. The minimum Gasteiger partial charge on any atom is -0.480 e. The molecule has 0 radical (unpaired) electrons. The zero-order valence-electron chi connectivity index (χ0n) is 7.98. The van der Waals surface area contributed by atoms with Gasteiger partial charge in [-0.15, -0.1) is 0 Å². The zero-order chi connectivity index (χ0) is 11.1. The number of nitrogens with two attached hydrogens (primary N) is 2. The Labute approximate surface area is 82.8 Å². The molecule has 0 aliphatic carbocycles. The van der Waals surface area contributed by atoms with Gasteiger partial charge in [-0.1, -0.05) is 6.58 Å². The van der Waals surface area contributed by atoms with Gasteiger partial charge in [-0.3, -0.25) is 9.59 Å². The van der Waals surface area contributed by atoms with Crippen LogP contribution in [0, 0.1) is 0 Å². The van der Waals surface area contributed by atoms with Crippen LogP contribution in [0.1, 0.15) is 19.3 Å². The van der Waals surface area contributed by atoms with E-state index in [4.69, 9.17) is 16.6 Å². The Bertz CT molecular complexity index is 228. The highest BCUT2D eigenvalue weighted by Gasteiger charge is 2.13. The standard InChI is InChI=1S/C9H16N2O3/c1-2-8(12)6(10)4-3-5-7(11)9(13)14/h2,6-7H,1,3-5,10-11H2,(H,13,14)/t6?,7-/m0/s1. The van der Waals surface area contributed by atoms with E-state index in [2.05, 4.69) is 6.58 Å². The molecule has 0 aliphatic rings. The lowest BCUT2D eigenvalue weighted by atomic mass is 10.0. The Morgan fingerprint density at radius 1 is 1.29 bits per heavy atom. The summed E-state index contributed by atoms with van der Waals surface area (Å²) in [7, 11) is 0. The van der Waals surface area contributed by atoms with E-state index in [1.54, 1.807) is 0 Å². The molecule has 14 heavy (non-hydrogen) atoms. The third-order valence-corrected chi connectivity index (χ3v) is 1.91. The highest BCUT2D eigenvalue weighted by molar-refractivity contribution is 5.93. The first-order valence-corrected chi connectivity index (χ1v) is 4.39. The van der Waals surface area contributed by atoms with Crippen LogP contribution < -0.4 is 11.5 Å². The molecular formula is C9H16N2O3. The lowest BCUT2D eigenvalue weighted by Crippen LogP contribution is -2.32. The summed E-state index contributed by atoms with van der Waals surface area (Å²) in [5.41, 5.74) is 10.7. The molecule has 0 aromatic heterocycles. The van der Waals surface area contributed by atoms with Crippen LogP contribution in [0.4, 0.5) is 0 Å². The van der Waals surface area contributed by atoms with Crippen molar-refractivity contribution in [3.05, 3.63) is 12.7 Å². The minimum absolute atomic E-state index is 0.228. The first kappa shape index (κ1) is 12.8. The summed E-state index contributed by atoms with van der Waals surface area (Å²) in [5, 5.41) is 8.46. The fourth-order valence-electron chi connectivity index (χ4n) is 0.975. The second-order valence-corrected chi connectivity index (χ2v) is 3.09. The van der Waals surface area contributed by atoms with Crippen molar-refractivity contribution in [1.29, 1.82) is 0 Å². The van der Waals surface area contributed by atoms with Gasteiger partial charge >= 0.3 is 5.97 Å². The molecule has 0 fully saturated rings. The van der Waals surface area contributed by atoms with E-state index >= 15 is 0 Å². The maximum absolute atomic E-state index is 10.9. The predicted molar refractivity (Wildman–Crippen MR) is 52.6 cm³/mol. The quantitative estimate of drug-likeness (QED) is 0.487. The third-order valence-electron chi connectivity index (χ3n) is 1.91. The van der Waals surface area contributed by atoms with E-state index in [-0.39, 0.29) is 5.78 Å². The zero-order valence-corrected chi connectivity index (χ0v) is 7.98. The van der Waals surface area contributed by atoms with E-state index in [0.29, 0.717) is 19.3 Å². The lowest BCUT2D eigenvalue weighted by molar-refractivity contribution is -0.138. The normalized spacial score (nSPS) is 14.4. The fraction of sp³-hybridized carbons (Fsp3) is 0.556. The number of hydrogen-bond acceptors (Lipinski definition) is 4. The van der Waals surface area contributed by atoms with Crippen LogP contribution in [0.15, 0.2) is 12.7 Å². The van der Waals surface area contributed by atoms with Crippen molar-refractivity contribution in [1.82, 2.24) is 0 Å². The first-order chi connectivity index (χ1) is 6.49. The average Bonchev–Trinajstić information content (AvgIpc) is 2.15. The van der Waals surface area contributed by atoms with Gasteiger partial charge in [0, 0.05) is 0 Å². The summed E-state index contributed by atoms with van der Waals surface area (Å²) in [4.78, 5) is 21.3. The fourth-order valence-corrected chi connectivity index (χ4v) is 0.975. The molecule has 5 nitrogen and oxygen atoms in total. The largest absolute Gasteiger partial charge is 0.480 e. The Hall–Kier alpha value is -1.20. The summed E-state index contributed by atoms with van der Waals surface area (Å²) in [6.07, 6.45) is 2.45. The molecule has 0 aliphatic heterocycles. The molecular weight excluding hydrogens is 184 g/mol. The summed E-state index contributed by atoms with van der Waals surface area (Å²) in [6, 6.07) is -1.46. The molecule has 0 aromatic carbocycles. The van der Waals surface area contributed by atoms with Gasteiger partial charge in [0.15, 0.2) is 5.78 Å². The molecule has 0 rings (SSSR count). The highest BCUT2D eigenvalue weighted by Crippen LogP contribution is 2.03. The first-order valence-electron chi connectivity index (χ1n) is 4.39. The van der Waals surface area contributed by atoms with Crippen LogP contribution >= 0.6 is 0 Å². The van der Waals surface area contributed by atoms with Gasteiger partial charge in [0.2, 0.25) is 0 Å². The number of carbonyl (C=O) groups is 2. The van der Waals surface area contributed by atoms with Crippen LogP contribution in [0.3, 0.4) is 0 Å². The second kappa shape index (κ2) is 6.28. The number of rotatable bonds is 7. The average molecular weight is 200 g/mol. The van der Waals surface area contributed by atoms with Crippen LogP contribution in [0.5, 0.6) is 0 Å². The SMILES string of the molecule is C=CC(=O)C(N)CCC[C@H](N)C(=O)O. The van der Waals surface area contributed by atoms with Crippen molar-refractivity contribution < 1.29 is 14.7 Å². The molecule has 0 saturated carbocycles. The van der Waals surface area contributed by atoms with Gasteiger partial charge in [0.05, 0.1) is 6.04 Å². The summed E-state index contributed by atoms with van der Waals surface area (Å²) < 4.78 is 0. The third kappa shape index (κ3) is 4.74. The van der Waals surface area contributed by atoms with Gasteiger partial charge in [0.25, 0.3) is 0 Å². The van der Waals surface area contributed by atoms with Crippen molar-refractivity contribution >= 4 is 11.8 Å². The van der Waals surface area contributed by atoms with Crippen LogP contribution in [-0.4, -0.2) is 28.9 Å². The van der Waals surface area contributed by atoms with E-state index < -0.39 is 18.1 Å². The molecule has 5 heteroatoms. The second-order valence-electron chi connectivity index (χ2n) is 3.09. The Kier molecular flexibility index (Phi) is 5.74. The van der Waals surface area contributed by atoms with Crippen LogP contribution in [0.25, 0.3) is 0 Å². The number of ketones is 1. The maximum atomic E-state index is 10.9. The lowest BCUT2D eigenvalue weighted by Gasteiger charge is -2.09. The molecule has 0 heterocycles. The maximum Gasteiger partial charge on any atom is 0.320 e. The van der Waals surface area contributed by atoms with Crippen molar-refractivity contribution in [2.24, 2.45) is 11.5 Å². The predicted octanol–water partition coefficient (Wildman–Crippen LogP) is -0.349. The van der Waals surface area contributed by atoms with E-state index in [9.17, 15) is 9.59 Å². The molecule has 1 unspecified atom stereocenters. The van der Waals surface area contributed by atoms with Gasteiger partial charge in [-0.25, -0.2) is 0 Å². The van der Waals surface area contributed by atoms with Crippen molar-refractivity contribution in [2.45, 2.75) is 31.3 Å². The number of carboxylic acid groups (broad SMARTS) is 1. The molecule has 0 amide bonds. The summed E-state index contributed by atoms with van der Waals surface area (Å²) >= 11 is 0. The molecule has 0 aromatic rings. The molecule has 5 N–H and O–H groups in total. The van der Waals surface area contributed by atoms with Crippen molar-refractivity contribution in [3.63, 3.8) is 0 Å².